The second-order valence-electron chi connectivity index (χ2n) is 6.13. The first-order chi connectivity index (χ1) is 8.20. The van der Waals surface area contributed by atoms with E-state index >= 15 is 0 Å². The number of likely N-dealkylation sites (tertiary alicyclic amines) is 1. The van der Waals surface area contributed by atoms with Crippen LogP contribution in [0.2, 0.25) is 0 Å². The van der Waals surface area contributed by atoms with Crippen LogP contribution in [0.1, 0.15) is 67.2 Å². The van der Waals surface area contributed by atoms with Crippen molar-refractivity contribution in [2.75, 3.05) is 13.7 Å². The molecule has 1 saturated heterocycles. The summed E-state index contributed by atoms with van der Waals surface area (Å²) in [6, 6.07) is 0. The van der Waals surface area contributed by atoms with Crippen molar-refractivity contribution in [3.8, 4) is 0 Å². The minimum absolute atomic E-state index is 0.0770. The molecular weight excluding hydrogens is 226 g/mol. The molecule has 3 heteroatoms. The zero-order valence-electron chi connectivity index (χ0n) is 13.3. The van der Waals surface area contributed by atoms with Gasteiger partial charge in [0.25, 0.3) is 0 Å². The van der Waals surface area contributed by atoms with E-state index in [0.717, 1.165) is 32.2 Å². The maximum atomic E-state index is 11.3. The van der Waals surface area contributed by atoms with Crippen LogP contribution in [0.25, 0.3) is 0 Å². The molecule has 3 nitrogen and oxygen atoms in total. The van der Waals surface area contributed by atoms with Crippen LogP contribution in [0.3, 0.4) is 0 Å². The number of methoxy groups -OCH3 is 1. The highest BCUT2D eigenvalue weighted by Gasteiger charge is 2.32. The summed E-state index contributed by atoms with van der Waals surface area (Å²) >= 11 is 0. The van der Waals surface area contributed by atoms with Crippen LogP contribution in [0, 0.1) is 0 Å². The lowest BCUT2D eigenvalue weighted by Crippen LogP contribution is -2.43. The number of hydrogen-bond donors (Lipinski definition) is 0. The summed E-state index contributed by atoms with van der Waals surface area (Å²) in [5, 5.41) is 0. The van der Waals surface area contributed by atoms with Crippen molar-refractivity contribution in [3.05, 3.63) is 0 Å². The topological polar surface area (TPSA) is 29.5 Å². The normalized spacial score (nSPS) is 16.6. The number of hydrogen-bond acceptors (Lipinski definition) is 2. The Labute approximate surface area is 113 Å². The summed E-state index contributed by atoms with van der Waals surface area (Å²) in [7, 11) is 1.74. The molecule has 0 saturated carbocycles. The summed E-state index contributed by atoms with van der Waals surface area (Å²) < 4.78 is 5.09. The van der Waals surface area contributed by atoms with E-state index in [0.29, 0.717) is 5.91 Å². The average molecular weight is 257 g/mol. The Hall–Kier alpha value is -0.570. The first-order valence-corrected chi connectivity index (χ1v) is 7.05. The molecule has 108 valence electrons. The van der Waals surface area contributed by atoms with Gasteiger partial charge in [0.2, 0.25) is 5.91 Å². The van der Waals surface area contributed by atoms with Crippen LogP contribution >= 0.6 is 0 Å². The van der Waals surface area contributed by atoms with Gasteiger partial charge in [0, 0.05) is 25.6 Å². The highest BCUT2D eigenvalue weighted by molar-refractivity contribution is 5.78. The first kappa shape index (κ1) is 17.4. The molecule has 0 aliphatic carbocycles. The van der Waals surface area contributed by atoms with E-state index in [1.807, 2.05) is 4.90 Å². The van der Waals surface area contributed by atoms with Crippen LogP contribution in [-0.2, 0) is 9.53 Å². The largest absolute Gasteiger partial charge is 0.379 e. The smallest absolute Gasteiger partial charge is 0.223 e. The summed E-state index contributed by atoms with van der Waals surface area (Å²) in [5.41, 5.74) is 0.160. The molecule has 0 bridgehead atoms. The highest BCUT2D eigenvalue weighted by Crippen LogP contribution is 2.24. The molecule has 0 aromatic rings. The van der Waals surface area contributed by atoms with Crippen LogP contribution in [-0.4, -0.2) is 35.6 Å². The quantitative estimate of drug-likeness (QED) is 0.770. The van der Waals surface area contributed by atoms with Crippen LogP contribution in [0.15, 0.2) is 0 Å². The minimum atomic E-state index is 0.0770. The molecule has 1 aliphatic rings. The van der Waals surface area contributed by atoms with Gasteiger partial charge in [0.05, 0.1) is 5.60 Å². The molecule has 0 N–H and O–H groups in total. The Morgan fingerprint density at radius 1 is 1.17 bits per heavy atom. The molecule has 1 heterocycles. The Morgan fingerprint density at radius 3 is 1.94 bits per heavy atom. The van der Waals surface area contributed by atoms with E-state index in [9.17, 15) is 4.79 Å². The van der Waals surface area contributed by atoms with Crippen molar-refractivity contribution >= 4 is 5.91 Å². The lowest BCUT2D eigenvalue weighted by molar-refractivity contribution is -0.132. The van der Waals surface area contributed by atoms with Gasteiger partial charge in [-0.25, -0.2) is 0 Å². The van der Waals surface area contributed by atoms with E-state index in [-0.39, 0.29) is 11.1 Å². The van der Waals surface area contributed by atoms with Crippen LogP contribution in [0.4, 0.5) is 0 Å². The van der Waals surface area contributed by atoms with Gasteiger partial charge in [-0.2, -0.15) is 0 Å². The van der Waals surface area contributed by atoms with E-state index in [4.69, 9.17) is 4.74 Å². The zero-order chi connectivity index (χ0) is 14.4. The lowest BCUT2D eigenvalue weighted by atomic mass is 10.00. The van der Waals surface area contributed by atoms with E-state index in [1.165, 1.54) is 0 Å². The Bertz CT molecular complexity index is 253. The molecule has 1 amide bonds. The van der Waals surface area contributed by atoms with Crippen LogP contribution in [0.5, 0.6) is 0 Å². The summed E-state index contributed by atoms with van der Waals surface area (Å²) in [6.45, 7) is 13.6. The lowest BCUT2D eigenvalue weighted by Gasteiger charge is -2.34. The number of nitrogens with zero attached hydrogens (tertiary/aromatic N) is 1. The number of carbonyl (C=O) groups excluding carboxylic acids is 1. The number of amides is 1. The van der Waals surface area contributed by atoms with Gasteiger partial charge in [-0.05, 0) is 47.0 Å². The second kappa shape index (κ2) is 7.13. The van der Waals surface area contributed by atoms with Crippen molar-refractivity contribution < 1.29 is 9.53 Å². The first-order valence-electron chi connectivity index (χ1n) is 7.05. The van der Waals surface area contributed by atoms with Crippen molar-refractivity contribution in [3.63, 3.8) is 0 Å². The van der Waals surface area contributed by atoms with Crippen LogP contribution < -0.4 is 0 Å². The zero-order valence-corrected chi connectivity index (χ0v) is 13.3. The third-order valence-corrected chi connectivity index (χ3v) is 4.07. The summed E-state index contributed by atoms with van der Waals surface area (Å²) in [5.74, 6) is 0.330. The van der Waals surface area contributed by atoms with Crippen molar-refractivity contribution in [1.82, 2.24) is 4.90 Å². The SMILES string of the molecule is CCC(C)(C)N1CCCC1=O.CCC(C)(C)OC. The molecule has 1 aliphatic heterocycles. The maximum Gasteiger partial charge on any atom is 0.223 e. The molecule has 0 aromatic heterocycles. The van der Waals surface area contributed by atoms with E-state index in [1.54, 1.807) is 7.11 Å². The Morgan fingerprint density at radius 2 is 1.72 bits per heavy atom. The number of carbonyl (C=O) groups is 1. The molecule has 0 atom stereocenters. The molecule has 18 heavy (non-hydrogen) atoms. The molecule has 0 spiro atoms. The van der Waals surface area contributed by atoms with Crippen molar-refractivity contribution in [1.29, 1.82) is 0 Å². The van der Waals surface area contributed by atoms with Crippen molar-refractivity contribution in [2.45, 2.75) is 78.4 Å². The van der Waals surface area contributed by atoms with Crippen molar-refractivity contribution in [2.24, 2.45) is 0 Å². The summed E-state index contributed by atoms with van der Waals surface area (Å²) in [4.78, 5) is 13.3. The second-order valence-corrected chi connectivity index (χ2v) is 6.13. The monoisotopic (exact) mass is 257 g/mol. The third kappa shape index (κ3) is 5.38. The predicted octanol–water partition coefficient (Wildman–Crippen LogP) is 3.62. The predicted molar refractivity (Wildman–Crippen MR) is 76.7 cm³/mol. The van der Waals surface area contributed by atoms with Gasteiger partial charge in [-0.3, -0.25) is 4.79 Å². The Kier molecular flexibility index (Phi) is 6.90. The van der Waals surface area contributed by atoms with E-state index in [2.05, 4.69) is 41.5 Å². The molecule has 1 fully saturated rings. The van der Waals surface area contributed by atoms with Gasteiger partial charge in [-0.15, -0.1) is 0 Å². The molecule has 0 radical (unpaired) electrons. The molecular formula is C15H31NO2. The summed E-state index contributed by atoms with van der Waals surface area (Å²) in [6.07, 6.45) is 3.91. The fraction of sp³-hybridized carbons (Fsp3) is 0.933. The average Bonchev–Trinajstić information content (AvgIpc) is 2.77. The maximum absolute atomic E-state index is 11.3. The van der Waals surface area contributed by atoms with Gasteiger partial charge < -0.3 is 9.64 Å². The van der Waals surface area contributed by atoms with Gasteiger partial charge in [0.15, 0.2) is 0 Å². The fourth-order valence-electron chi connectivity index (χ4n) is 1.62. The van der Waals surface area contributed by atoms with E-state index < -0.39 is 0 Å². The third-order valence-electron chi connectivity index (χ3n) is 4.07. The molecule has 0 aromatic carbocycles. The number of ether oxygens (including phenoxy) is 1. The Balaban J connectivity index is 0.000000360. The van der Waals surface area contributed by atoms with Gasteiger partial charge >= 0.3 is 0 Å². The number of rotatable bonds is 4. The van der Waals surface area contributed by atoms with Gasteiger partial charge in [-0.1, -0.05) is 13.8 Å². The van der Waals surface area contributed by atoms with Gasteiger partial charge in [0.1, 0.15) is 0 Å². The molecule has 1 rings (SSSR count). The molecule has 0 unspecified atom stereocenters. The fourth-order valence-corrected chi connectivity index (χ4v) is 1.62. The minimum Gasteiger partial charge on any atom is -0.379 e. The highest BCUT2D eigenvalue weighted by atomic mass is 16.5. The standard InChI is InChI=1S/C9H17NO.C6H14O/c1-4-9(2,3)10-7-5-6-8(10)11;1-5-6(2,3)7-4/h4-7H2,1-3H3;5H2,1-4H3.